The van der Waals surface area contributed by atoms with Gasteiger partial charge in [-0.3, -0.25) is 4.98 Å². The molecule has 1 aromatic rings. The molecule has 0 unspecified atom stereocenters. The van der Waals surface area contributed by atoms with Gasteiger partial charge in [-0.25, -0.2) is 0 Å². The molecule has 0 aliphatic rings. The van der Waals surface area contributed by atoms with Crippen LogP contribution in [0, 0.1) is 5.92 Å². The highest BCUT2D eigenvalue weighted by Gasteiger charge is 2.10. The minimum Gasteiger partial charge on any atom is -0.326 e. The Morgan fingerprint density at radius 2 is 1.94 bits per heavy atom. The second-order valence-corrected chi connectivity index (χ2v) is 4.78. The van der Waals surface area contributed by atoms with Gasteiger partial charge in [0.1, 0.15) is 0 Å². The van der Waals surface area contributed by atoms with Gasteiger partial charge in [0.25, 0.3) is 0 Å². The van der Waals surface area contributed by atoms with Crippen molar-refractivity contribution in [2.75, 3.05) is 20.1 Å². The molecule has 1 atom stereocenters. The molecule has 0 aliphatic carbocycles. The van der Waals surface area contributed by atoms with E-state index in [4.69, 9.17) is 5.73 Å². The van der Waals surface area contributed by atoms with Gasteiger partial charge in [-0.2, -0.15) is 0 Å². The van der Waals surface area contributed by atoms with E-state index in [-0.39, 0.29) is 6.04 Å². The Bertz CT molecular complexity index is 284. The van der Waals surface area contributed by atoms with E-state index in [9.17, 15) is 0 Å². The molecule has 0 radical (unpaired) electrons. The summed E-state index contributed by atoms with van der Waals surface area (Å²) in [4.78, 5) is 6.31. The lowest BCUT2D eigenvalue weighted by Crippen LogP contribution is -2.39. The normalized spacial score (nSPS) is 13.4. The van der Waals surface area contributed by atoms with E-state index in [1.54, 1.807) is 0 Å². The van der Waals surface area contributed by atoms with E-state index in [2.05, 4.69) is 42.9 Å². The zero-order valence-electron chi connectivity index (χ0n) is 10.6. The summed E-state index contributed by atoms with van der Waals surface area (Å²) in [5.74, 6) is 0.545. The Hall–Kier alpha value is -0.930. The Morgan fingerprint density at radius 1 is 1.31 bits per heavy atom. The molecule has 2 N–H and O–H groups in total. The Kier molecular flexibility index (Phi) is 5.43. The van der Waals surface area contributed by atoms with E-state index < -0.39 is 0 Å². The summed E-state index contributed by atoms with van der Waals surface area (Å²) in [7, 11) is 2.13. The van der Waals surface area contributed by atoms with Crippen LogP contribution >= 0.6 is 0 Å². The van der Waals surface area contributed by atoms with Crippen LogP contribution in [0.5, 0.6) is 0 Å². The molecule has 0 saturated heterocycles. The fraction of sp³-hybridized carbons (Fsp3) is 0.615. The lowest BCUT2D eigenvalue weighted by atomic mass is 10.1. The highest BCUT2D eigenvalue weighted by atomic mass is 15.1. The van der Waals surface area contributed by atoms with Crippen molar-refractivity contribution >= 4 is 0 Å². The van der Waals surface area contributed by atoms with Crippen LogP contribution in [0.15, 0.2) is 24.5 Å². The van der Waals surface area contributed by atoms with Gasteiger partial charge in [0.15, 0.2) is 0 Å². The molecular weight excluding hydrogens is 198 g/mol. The highest BCUT2D eigenvalue weighted by Crippen LogP contribution is 2.02. The molecule has 0 saturated carbocycles. The molecule has 0 spiro atoms. The molecule has 1 heterocycles. The van der Waals surface area contributed by atoms with Gasteiger partial charge < -0.3 is 10.6 Å². The zero-order valence-corrected chi connectivity index (χ0v) is 10.6. The molecule has 16 heavy (non-hydrogen) atoms. The molecule has 0 bridgehead atoms. The number of aromatic nitrogens is 1. The van der Waals surface area contributed by atoms with E-state index in [0.29, 0.717) is 5.92 Å². The molecular formula is C13H23N3. The summed E-state index contributed by atoms with van der Waals surface area (Å²) in [5.41, 5.74) is 7.37. The highest BCUT2D eigenvalue weighted by molar-refractivity contribution is 5.09. The van der Waals surface area contributed by atoms with Gasteiger partial charge in [-0.1, -0.05) is 13.8 Å². The third-order valence-corrected chi connectivity index (χ3v) is 2.91. The van der Waals surface area contributed by atoms with Crippen LogP contribution in [0.3, 0.4) is 0 Å². The van der Waals surface area contributed by atoms with Crippen LogP contribution in [-0.4, -0.2) is 36.1 Å². The second-order valence-electron chi connectivity index (χ2n) is 4.78. The monoisotopic (exact) mass is 221 g/mol. The molecule has 90 valence electrons. The minimum atomic E-state index is 0.266. The van der Waals surface area contributed by atoms with Crippen LogP contribution in [-0.2, 0) is 6.42 Å². The van der Waals surface area contributed by atoms with Crippen molar-refractivity contribution in [3.05, 3.63) is 30.1 Å². The smallest absolute Gasteiger partial charge is 0.0270 e. The van der Waals surface area contributed by atoms with Gasteiger partial charge in [0, 0.05) is 31.5 Å². The zero-order chi connectivity index (χ0) is 12.0. The molecule has 1 rings (SSSR count). The van der Waals surface area contributed by atoms with Crippen molar-refractivity contribution < 1.29 is 0 Å². The van der Waals surface area contributed by atoms with Gasteiger partial charge in [0.2, 0.25) is 0 Å². The number of nitrogens with two attached hydrogens (primary N) is 1. The average Bonchev–Trinajstić information content (AvgIpc) is 2.27. The van der Waals surface area contributed by atoms with E-state index in [0.717, 1.165) is 19.5 Å². The Labute approximate surface area is 98.7 Å². The van der Waals surface area contributed by atoms with Gasteiger partial charge in [-0.15, -0.1) is 0 Å². The van der Waals surface area contributed by atoms with Crippen molar-refractivity contribution in [2.24, 2.45) is 11.7 Å². The van der Waals surface area contributed by atoms with Crippen molar-refractivity contribution in [3.8, 4) is 0 Å². The summed E-state index contributed by atoms with van der Waals surface area (Å²) in [6.45, 7) is 6.34. The molecule has 3 nitrogen and oxygen atoms in total. The Morgan fingerprint density at radius 3 is 2.50 bits per heavy atom. The average molecular weight is 221 g/mol. The molecule has 0 amide bonds. The minimum absolute atomic E-state index is 0.266. The first-order chi connectivity index (χ1) is 7.59. The first kappa shape index (κ1) is 13.1. The third-order valence-electron chi connectivity index (χ3n) is 2.91. The first-order valence-electron chi connectivity index (χ1n) is 5.92. The lowest BCUT2D eigenvalue weighted by Gasteiger charge is -2.23. The van der Waals surface area contributed by atoms with Crippen molar-refractivity contribution in [2.45, 2.75) is 26.3 Å². The maximum absolute atomic E-state index is 6.03. The molecule has 0 fully saturated rings. The predicted molar refractivity (Wildman–Crippen MR) is 68.3 cm³/mol. The Balaban J connectivity index is 2.28. The molecule has 1 aromatic heterocycles. The second kappa shape index (κ2) is 6.61. The van der Waals surface area contributed by atoms with E-state index in [1.807, 2.05) is 12.4 Å². The summed E-state index contributed by atoms with van der Waals surface area (Å²) < 4.78 is 0. The van der Waals surface area contributed by atoms with Gasteiger partial charge in [0.05, 0.1) is 0 Å². The number of hydrogen-bond donors (Lipinski definition) is 1. The first-order valence-corrected chi connectivity index (χ1v) is 5.92. The van der Waals surface area contributed by atoms with Gasteiger partial charge >= 0.3 is 0 Å². The largest absolute Gasteiger partial charge is 0.326 e. The van der Waals surface area contributed by atoms with Crippen LogP contribution in [0.2, 0.25) is 0 Å². The maximum atomic E-state index is 6.03. The van der Waals surface area contributed by atoms with Crippen molar-refractivity contribution in [1.29, 1.82) is 0 Å². The quantitative estimate of drug-likeness (QED) is 0.792. The van der Waals surface area contributed by atoms with E-state index in [1.165, 1.54) is 5.56 Å². The van der Waals surface area contributed by atoms with Crippen LogP contribution in [0.4, 0.5) is 0 Å². The van der Waals surface area contributed by atoms with Crippen LogP contribution < -0.4 is 5.73 Å². The molecule has 0 aliphatic heterocycles. The molecule has 3 heteroatoms. The number of nitrogens with zero attached hydrogens (tertiary/aromatic N) is 2. The summed E-state index contributed by atoms with van der Waals surface area (Å²) in [6.07, 6.45) is 4.74. The fourth-order valence-corrected chi connectivity index (χ4v) is 1.53. The van der Waals surface area contributed by atoms with Crippen LogP contribution in [0.1, 0.15) is 19.4 Å². The van der Waals surface area contributed by atoms with Crippen LogP contribution in [0.25, 0.3) is 0 Å². The number of pyridine rings is 1. The summed E-state index contributed by atoms with van der Waals surface area (Å²) in [6, 6.07) is 4.40. The summed E-state index contributed by atoms with van der Waals surface area (Å²) in [5, 5.41) is 0. The number of rotatable bonds is 6. The van der Waals surface area contributed by atoms with E-state index >= 15 is 0 Å². The fourth-order valence-electron chi connectivity index (χ4n) is 1.53. The van der Waals surface area contributed by atoms with Crippen molar-refractivity contribution in [1.82, 2.24) is 9.88 Å². The van der Waals surface area contributed by atoms with Crippen molar-refractivity contribution in [3.63, 3.8) is 0 Å². The topological polar surface area (TPSA) is 42.1 Å². The SMILES string of the molecule is CC(C)[C@H](N)CN(C)CCc1ccncc1. The standard InChI is InChI=1S/C13H23N3/c1-11(2)13(14)10-16(3)9-6-12-4-7-15-8-5-12/h4-5,7-8,11,13H,6,9-10,14H2,1-3H3/t13-/m1/s1. The summed E-state index contributed by atoms with van der Waals surface area (Å²) >= 11 is 0. The lowest BCUT2D eigenvalue weighted by molar-refractivity contribution is 0.286. The maximum Gasteiger partial charge on any atom is 0.0270 e. The molecule has 0 aromatic carbocycles. The number of likely N-dealkylation sites (N-methyl/N-ethyl adjacent to an activating group) is 1. The van der Waals surface area contributed by atoms with Gasteiger partial charge in [-0.05, 0) is 37.1 Å². The predicted octanol–water partition coefficient (Wildman–Crippen LogP) is 1.54. The number of hydrogen-bond acceptors (Lipinski definition) is 3. The third kappa shape index (κ3) is 4.73.